The fourth-order valence-corrected chi connectivity index (χ4v) is 5.60. The van der Waals surface area contributed by atoms with Gasteiger partial charge in [-0.1, -0.05) is 30.3 Å². The number of ketones is 1. The number of hydrogen-bond donors (Lipinski definition) is 0. The lowest BCUT2D eigenvalue weighted by Gasteiger charge is -2.33. The number of nitro groups is 1. The number of anilines is 1. The van der Waals surface area contributed by atoms with E-state index in [0.717, 1.165) is 68.4 Å². The number of carbonyl (C=O) groups excluding carboxylic acids is 2. The van der Waals surface area contributed by atoms with Gasteiger partial charge in [-0.05, 0) is 70.7 Å². The van der Waals surface area contributed by atoms with E-state index in [9.17, 15) is 19.7 Å². The Morgan fingerprint density at radius 3 is 2.36 bits per heavy atom. The first-order chi connectivity index (χ1) is 18.9. The average molecular weight is 528 g/mol. The zero-order chi connectivity index (χ0) is 27.4. The van der Waals surface area contributed by atoms with Gasteiger partial charge in [0.05, 0.1) is 4.92 Å². The van der Waals surface area contributed by atoms with E-state index in [1.807, 2.05) is 37.3 Å². The van der Waals surface area contributed by atoms with Crippen molar-refractivity contribution >= 4 is 23.2 Å². The second-order valence-corrected chi connectivity index (χ2v) is 10.3. The molecule has 9 heteroatoms. The molecule has 1 amide bonds. The van der Waals surface area contributed by atoms with Gasteiger partial charge in [0.25, 0.3) is 11.6 Å². The van der Waals surface area contributed by atoms with Crippen LogP contribution >= 0.6 is 0 Å². The molecule has 9 nitrogen and oxygen atoms in total. The summed E-state index contributed by atoms with van der Waals surface area (Å²) >= 11 is 0. The minimum Gasteiger partial charge on any atom is -0.302 e. The molecule has 2 aromatic carbocycles. The Bertz CT molecular complexity index is 1350. The topological polar surface area (TPSA) is 110 Å². The number of rotatable bonds is 8. The maximum absolute atomic E-state index is 13.8. The van der Waals surface area contributed by atoms with Crippen molar-refractivity contribution in [2.45, 2.75) is 45.4 Å². The van der Waals surface area contributed by atoms with Gasteiger partial charge in [-0.3, -0.25) is 24.6 Å². The number of nitrogens with zero attached hydrogens (tertiary/aromatic N) is 5. The first-order valence-corrected chi connectivity index (χ1v) is 13.6. The van der Waals surface area contributed by atoms with E-state index in [0.29, 0.717) is 30.3 Å². The molecule has 1 fully saturated rings. The van der Waals surface area contributed by atoms with Crippen molar-refractivity contribution in [3.63, 3.8) is 0 Å². The third kappa shape index (κ3) is 6.04. The van der Waals surface area contributed by atoms with Crippen molar-refractivity contribution in [1.29, 1.82) is 0 Å². The SMILES string of the molecule is Cc1nc2c(c(N(CCN3CCC(C(=O)c4ccccc4)CC3)C(=O)c3ccc([N+](=O)[O-])cc3)n1)CCCC2. The molecule has 5 rings (SSSR count). The summed E-state index contributed by atoms with van der Waals surface area (Å²) in [5.41, 5.74) is 3.12. The zero-order valence-electron chi connectivity index (χ0n) is 22.2. The summed E-state index contributed by atoms with van der Waals surface area (Å²) in [6.07, 6.45) is 5.35. The minimum absolute atomic E-state index is 0.0121. The van der Waals surface area contributed by atoms with Crippen LogP contribution in [0.15, 0.2) is 54.6 Å². The standard InChI is InChI=1S/C30H33N5O4/c1-21-31-27-10-6-5-9-26(27)29(32-21)34(30(37)24-11-13-25(14-12-24)35(38)39)20-19-33-17-15-23(16-18-33)28(36)22-7-3-2-4-8-22/h2-4,7-8,11-14,23H,5-6,9-10,15-20H2,1H3. The number of aromatic nitrogens is 2. The lowest BCUT2D eigenvalue weighted by atomic mass is 9.89. The molecule has 2 heterocycles. The summed E-state index contributed by atoms with van der Waals surface area (Å²) in [5.74, 6) is 1.26. The summed E-state index contributed by atoms with van der Waals surface area (Å²) in [5, 5.41) is 11.1. The maximum atomic E-state index is 13.8. The van der Waals surface area contributed by atoms with Crippen LogP contribution in [0.2, 0.25) is 0 Å². The van der Waals surface area contributed by atoms with Gasteiger partial charge in [0.15, 0.2) is 5.78 Å². The summed E-state index contributed by atoms with van der Waals surface area (Å²) in [6.45, 7) is 4.48. The van der Waals surface area contributed by atoms with Gasteiger partial charge in [0.2, 0.25) is 0 Å². The van der Waals surface area contributed by atoms with Crippen LogP contribution in [-0.2, 0) is 12.8 Å². The number of hydrogen-bond acceptors (Lipinski definition) is 7. The minimum atomic E-state index is -0.470. The van der Waals surface area contributed by atoms with Gasteiger partial charge in [0, 0.05) is 53.5 Å². The first kappa shape index (κ1) is 26.6. The van der Waals surface area contributed by atoms with Crippen LogP contribution < -0.4 is 4.90 Å². The average Bonchev–Trinajstić information content (AvgIpc) is 2.97. The number of aryl methyl sites for hydroxylation is 2. The molecule has 0 bridgehead atoms. The summed E-state index contributed by atoms with van der Waals surface area (Å²) < 4.78 is 0. The molecule has 0 atom stereocenters. The lowest BCUT2D eigenvalue weighted by Crippen LogP contribution is -2.43. The van der Waals surface area contributed by atoms with Gasteiger partial charge in [-0.2, -0.15) is 0 Å². The molecular weight excluding hydrogens is 494 g/mol. The van der Waals surface area contributed by atoms with Crippen LogP contribution in [0, 0.1) is 23.0 Å². The van der Waals surface area contributed by atoms with Crippen molar-refractivity contribution in [2.24, 2.45) is 5.92 Å². The third-order valence-electron chi connectivity index (χ3n) is 7.76. The molecule has 0 spiro atoms. The highest BCUT2D eigenvalue weighted by Crippen LogP contribution is 2.30. The summed E-state index contributed by atoms with van der Waals surface area (Å²) in [4.78, 5) is 50.8. The summed E-state index contributed by atoms with van der Waals surface area (Å²) in [6, 6.07) is 15.2. The Kier molecular flexibility index (Phi) is 8.07. The number of piperidine rings is 1. The van der Waals surface area contributed by atoms with Crippen molar-refractivity contribution < 1.29 is 14.5 Å². The number of non-ortho nitro benzene ring substituents is 1. The molecule has 1 saturated heterocycles. The fraction of sp³-hybridized carbons (Fsp3) is 0.400. The van der Waals surface area contributed by atoms with Crippen molar-refractivity contribution in [3.05, 3.63) is 92.9 Å². The summed E-state index contributed by atoms with van der Waals surface area (Å²) in [7, 11) is 0. The Hall–Kier alpha value is -3.98. The molecule has 0 unspecified atom stereocenters. The molecule has 0 saturated carbocycles. The van der Waals surface area contributed by atoms with Gasteiger partial charge in [0.1, 0.15) is 11.6 Å². The Morgan fingerprint density at radius 1 is 0.974 bits per heavy atom. The van der Waals surface area contributed by atoms with E-state index in [2.05, 4.69) is 9.88 Å². The van der Waals surface area contributed by atoms with Gasteiger partial charge < -0.3 is 4.90 Å². The zero-order valence-corrected chi connectivity index (χ0v) is 22.2. The van der Waals surface area contributed by atoms with Gasteiger partial charge in [-0.15, -0.1) is 0 Å². The molecule has 1 aromatic heterocycles. The normalized spacial score (nSPS) is 15.9. The number of Topliss-reactive ketones (excluding diaryl/α,β-unsaturated/α-hetero) is 1. The molecule has 3 aromatic rings. The lowest BCUT2D eigenvalue weighted by molar-refractivity contribution is -0.384. The van der Waals surface area contributed by atoms with Crippen molar-refractivity contribution in [1.82, 2.24) is 14.9 Å². The Balaban J connectivity index is 1.33. The molecular formula is C30H33N5O4. The van der Waals surface area contributed by atoms with Gasteiger partial charge in [-0.25, -0.2) is 9.97 Å². The molecule has 0 N–H and O–H groups in total. The molecule has 2 aliphatic rings. The highest BCUT2D eigenvalue weighted by atomic mass is 16.6. The van der Waals surface area contributed by atoms with Crippen LogP contribution in [0.3, 0.4) is 0 Å². The van der Waals surface area contributed by atoms with Crippen LogP contribution in [0.1, 0.15) is 63.5 Å². The Morgan fingerprint density at radius 2 is 1.67 bits per heavy atom. The highest BCUT2D eigenvalue weighted by Gasteiger charge is 2.29. The molecule has 0 radical (unpaired) electrons. The number of likely N-dealkylation sites (tertiary alicyclic amines) is 1. The third-order valence-corrected chi connectivity index (χ3v) is 7.76. The molecule has 39 heavy (non-hydrogen) atoms. The van der Waals surface area contributed by atoms with Crippen LogP contribution in [0.5, 0.6) is 0 Å². The van der Waals surface area contributed by atoms with Crippen molar-refractivity contribution in [3.8, 4) is 0 Å². The van der Waals surface area contributed by atoms with Crippen LogP contribution in [-0.4, -0.2) is 57.7 Å². The molecule has 1 aliphatic heterocycles. The largest absolute Gasteiger partial charge is 0.302 e. The van der Waals surface area contributed by atoms with E-state index in [1.165, 1.54) is 24.3 Å². The van der Waals surface area contributed by atoms with E-state index in [4.69, 9.17) is 4.98 Å². The number of benzene rings is 2. The second-order valence-electron chi connectivity index (χ2n) is 10.3. The number of nitro benzene ring substituents is 1. The quantitative estimate of drug-likeness (QED) is 0.235. The van der Waals surface area contributed by atoms with Crippen molar-refractivity contribution in [2.75, 3.05) is 31.1 Å². The monoisotopic (exact) mass is 527 g/mol. The second kappa shape index (κ2) is 11.8. The fourth-order valence-electron chi connectivity index (χ4n) is 5.60. The van der Waals surface area contributed by atoms with E-state index in [1.54, 1.807) is 4.90 Å². The first-order valence-electron chi connectivity index (χ1n) is 13.6. The predicted octanol–water partition coefficient (Wildman–Crippen LogP) is 4.81. The maximum Gasteiger partial charge on any atom is 0.269 e. The Labute approximate surface area is 228 Å². The number of fused-ring (bicyclic) bond motifs is 1. The van der Waals surface area contributed by atoms with Crippen LogP contribution in [0.4, 0.5) is 11.5 Å². The molecule has 1 aliphatic carbocycles. The van der Waals surface area contributed by atoms with Gasteiger partial charge >= 0.3 is 0 Å². The number of carbonyl (C=O) groups is 2. The van der Waals surface area contributed by atoms with Crippen LogP contribution in [0.25, 0.3) is 0 Å². The van der Waals surface area contributed by atoms with E-state index < -0.39 is 4.92 Å². The molecule has 202 valence electrons. The predicted molar refractivity (Wildman–Crippen MR) is 148 cm³/mol. The number of amides is 1. The van der Waals surface area contributed by atoms with E-state index in [-0.39, 0.29) is 23.3 Å². The van der Waals surface area contributed by atoms with E-state index >= 15 is 0 Å². The highest BCUT2D eigenvalue weighted by molar-refractivity contribution is 6.06. The smallest absolute Gasteiger partial charge is 0.269 e.